The van der Waals surface area contributed by atoms with E-state index in [1.54, 1.807) is 12.1 Å². The van der Waals surface area contributed by atoms with Crippen molar-refractivity contribution in [3.63, 3.8) is 0 Å². The van der Waals surface area contributed by atoms with Crippen LogP contribution in [0.15, 0.2) is 24.3 Å². The Balaban J connectivity index is 2.89. The lowest BCUT2D eigenvalue weighted by atomic mass is 10.0. The van der Waals surface area contributed by atoms with Gasteiger partial charge in [-0.15, -0.1) is 0 Å². The summed E-state index contributed by atoms with van der Waals surface area (Å²) in [5, 5.41) is 18.3. The highest BCUT2D eigenvalue weighted by Gasteiger charge is 2.20. The zero-order chi connectivity index (χ0) is 13.5. The molecule has 1 atom stereocenters. The van der Waals surface area contributed by atoms with E-state index in [4.69, 9.17) is 5.11 Å². The quantitative estimate of drug-likeness (QED) is 0.782. The molecule has 18 heavy (non-hydrogen) atoms. The molecule has 0 fully saturated rings. The van der Waals surface area contributed by atoms with Crippen LogP contribution in [0.1, 0.15) is 38.3 Å². The van der Waals surface area contributed by atoms with Crippen LogP contribution in [0.25, 0.3) is 0 Å². The van der Waals surface area contributed by atoms with E-state index in [1.165, 1.54) is 0 Å². The largest absolute Gasteiger partial charge is 0.508 e. The highest BCUT2D eigenvalue weighted by molar-refractivity contribution is 5.69. The Kier molecular flexibility index (Phi) is 5.65. The van der Waals surface area contributed by atoms with Crippen molar-refractivity contribution in [2.75, 3.05) is 13.1 Å². The molecule has 100 valence electrons. The number of carboxylic acids is 1. The molecule has 0 aliphatic rings. The molecule has 1 unspecified atom stereocenters. The number of carbonyl (C=O) groups is 1. The zero-order valence-corrected chi connectivity index (χ0v) is 11.0. The Hall–Kier alpha value is -1.55. The number of nitrogens with zero attached hydrogens (tertiary/aromatic N) is 1. The van der Waals surface area contributed by atoms with Crippen LogP contribution in [-0.2, 0) is 4.79 Å². The highest BCUT2D eigenvalue weighted by atomic mass is 16.4. The second-order valence-corrected chi connectivity index (χ2v) is 4.38. The number of hydrogen-bond donors (Lipinski definition) is 2. The summed E-state index contributed by atoms with van der Waals surface area (Å²) in [6, 6.07) is 7.08. The number of hydrogen-bond acceptors (Lipinski definition) is 3. The first-order valence-electron chi connectivity index (χ1n) is 6.33. The maximum atomic E-state index is 10.9. The van der Waals surface area contributed by atoms with Gasteiger partial charge in [-0.3, -0.25) is 9.69 Å². The van der Waals surface area contributed by atoms with Crippen LogP contribution >= 0.6 is 0 Å². The Morgan fingerprint density at radius 3 is 2.33 bits per heavy atom. The monoisotopic (exact) mass is 251 g/mol. The second-order valence-electron chi connectivity index (χ2n) is 4.38. The molecule has 0 spiro atoms. The van der Waals surface area contributed by atoms with Crippen LogP contribution in [0.3, 0.4) is 0 Å². The van der Waals surface area contributed by atoms with Gasteiger partial charge in [-0.1, -0.05) is 26.0 Å². The number of aromatic hydroxyl groups is 1. The van der Waals surface area contributed by atoms with Crippen LogP contribution in [0.4, 0.5) is 0 Å². The standard InChI is InChI=1S/C14H21NO3/c1-3-9-15(10-14(17)18)13(4-2)11-5-7-12(16)8-6-11/h5-8,13,16H,3-4,9-10H2,1-2H3,(H,17,18). The Labute approximate surface area is 108 Å². The van der Waals surface area contributed by atoms with E-state index in [1.807, 2.05) is 30.9 Å². The lowest BCUT2D eigenvalue weighted by molar-refractivity contribution is -0.139. The average molecular weight is 251 g/mol. The van der Waals surface area contributed by atoms with Gasteiger partial charge in [-0.2, -0.15) is 0 Å². The molecule has 4 nitrogen and oxygen atoms in total. The first-order valence-corrected chi connectivity index (χ1v) is 6.33. The molecule has 0 amide bonds. The molecule has 0 heterocycles. The van der Waals surface area contributed by atoms with Gasteiger partial charge in [-0.25, -0.2) is 0 Å². The van der Waals surface area contributed by atoms with Crippen molar-refractivity contribution in [2.45, 2.75) is 32.7 Å². The van der Waals surface area contributed by atoms with Crippen molar-refractivity contribution in [1.82, 2.24) is 4.90 Å². The molecule has 2 N–H and O–H groups in total. The predicted octanol–water partition coefficient (Wildman–Crippen LogP) is 2.64. The number of phenols is 1. The van der Waals surface area contributed by atoms with Crippen molar-refractivity contribution in [3.8, 4) is 5.75 Å². The summed E-state index contributed by atoms with van der Waals surface area (Å²) in [5.41, 5.74) is 1.05. The first kappa shape index (κ1) is 14.5. The summed E-state index contributed by atoms with van der Waals surface area (Å²) >= 11 is 0. The minimum atomic E-state index is -0.805. The van der Waals surface area contributed by atoms with Crippen molar-refractivity contribution < 1.29 is 15.0 Å². The fraction of sp³-hybridized carbons (Fsp3) is 0.500. The minimum Gasteiger partial charge on any atom is -0.508 e. The van der Waals surface area contributed by atoms with E-state index >= 15 is 0 Å². The second kappa shape index (κ2) is 7.01. The van der Waals surface area contributed by atoms with Crippen molar-refractivity contribution in [3.05, 3.63) is 29.8 Å². The van der Waals surface area contributed by atoms with Gasteiger partial charge in [-0.05, 0) is 37.1 Å². The molecule has 4 heteroatoms. The summed E-state index contributed by atoms with van der Waals surface area (Å²) in [5.74, 6) is -0.574. The van der Waals surface area contributed by atoms with Gasteiger partial charge in [0.2, 0.25) is 0 Å². The highest BCUT2D eigenvalue weighted by Crippen LogP contribution is 2.25. The molecule has 1 aromatic rings. The van der Waals surface area contributed by atoms with E-state index in [9.17, 15) is 9.90 Å². The molecule has 0 aliphatic heterocycles. The molecule has 0 saturated carbocycles. The van der Waals surface area contributed by atoms with Crippen LogP contribution in [0, 0.1) is 0 Å². The third kappa shape index (κ3) is 4.04. The predicted molar refractivity (Wildman–Crippen MR) is 70.6 cm³/mol. The fourth-order valence-corrected chi connectivity index (χ4v) is 2.21. The normalized spacial score (nSPS) is 12.6. The van der Waals surface area contributed by atoms with E-state index < -0.39 is 5.97 Å². The molecule has 1 aromatic carbocycles. The van der Waals surface area contributed by atoms with Gasteiger partial charge in [0, 0.05) is 6.04 Å². The lowest BCUT2D eigenvalue weighted by Crippen LogP contribution is -2.34. The first-order chi connectivity index (χ1) is 8.58. The SMILES string of the molecule is CCCN(CC(=O)O)C(CC)c1ccc(O)cc1. The molecule has 1 rings (SSSR count). The van der Waals surface area contributed by atoms with Gasteiger partial charge in [0.05, 0.1) is 6.54 Å². The summed E-state index contributed by atoms with van der Waals surface area (Å²) in [6.45, 7) is 4.89. The Morgan fingerprint density at radius 2 is 1.89 bits per heavy atom. The maximum absolute atomic E-state index is 10.9. The number of carboxylic acid groups (broad SMARTS) is 1. The van der Waals surface area contributed by atoms with Crippen molar-refractivity contribution in [1.29, 1.82) is 0 Å². The molecule has 0 saturated heterocycles. The lowest BCUT2D eigenvalue weighted by Gasteiger charge is -2.29. The number of aliphatic carboxylic acids is 1. The van der Waals surface area contributed by atoms with Crippen LogP contribution in [-0.4, -0.2) is 34.2 Å². The molecular formula is C14H21NO3. The maximum Gasteiger partial charge on any atom is 0.317 e. The van der Waals surface area contributed by atoms with Gasteiger partial charge >= 0.3 is 5.97 Å². The summed E-state index contributed by atoms with van der Waals surface area (Å²) in [6.07, 6.45) is 1.76. The molecule has 0 bridgehead atoms. The van der Waals surface area contributed by atoms with E-state index in [-0.39, 0.29) is 18.3 Å². The smallest absolute Gasteiger partial charge is 0.317 e. The number of phenolic OH excluding ortho intramolecular Hbond substituents is 1. The molecule has 0 aliphatic carbocycles. The van der Waals surface area contributed by atoms with Crippen LogP contribution in [0.5, 0.6) is 5.75 Å². The zero-order valence-electron chi connectivity index (χ0n) is 11.0. The summed E-state index contributed by atoms with van der Waals surface area (Å²) in [7, 11) is 0. The number of benzene rings is 1. The summed E-state index contributed by atoms with van der Waals surface area (Å²) in [4.78, 5) is 12.9. The van der Waals surface area contributed by atoms with Gasteiger partial charge in [0.25, 0.3) is 0 Å². The average Bonchev–Trinajstić information content (AvgIpc) is 2.32. The van der Waals surface area contributed by atoms with Crippen molar-refractivity contribution in [2.24, 2.45) is 0 Å². The molecule has 0 radical (unpaired) electrons. The van der Waals surface area contributed by atoms with Crippen molar-refractivity contribution >= 4 is 5.97 Å². The minimum absolute atomic E-state index is 0.0488. The van der Waals surface area contributed by atoms with E-state index in [0.717, 1.165) is 24.9 Å². The van der Waals surface area contributed by atoms with E-state index in [2.05, 4.69) is 0 Å². The summed E-state index contributed by atoms with van der Waals surface area (Å²) < 4.78 is 0. The Bertz CT molecular complexity index is 375. The number of rotatable bonds is 7. The van der Waals surface area contributed by atoms with Crippen LogP contribution < -0.4 is 0 Å². The Morgan fingerprint density at radius 1 is 1.28 bits per heavy atom. The third-order valence-corrected chi connectivity index (χ3v) is 2.95. The molecule has 0 aromatic heterocycles. The van der Waals surface area contributed by atoms with Crippen LogP contribution in [0.2, 0.25) is 0 Å². The topological polar surface area (TPSA) is 60.8 Å². The third-order valence-electron chi connectivity index (χ3n) is 2.95. The fourth-order valence-electron chi connectivity index (χ4n) is 2.21. The molecular weight excluding hydrogens is 230 g/mol. The van der Waals surface area contributed by atoms with Gasteiger partial charge in [0.1, 0.15) is 5.75 Å². The van der Waals surface area contributed by atoms with E-state index in [0.29, 0.717) is 0 Å². The van der Waals surface area contributed by atoms with Gasteiger partial charge < -0.3 is 10.2 Å². The van der Waals surface area contributed by atoms with Gasteiger partial charge in [0.15, 0.2) is 0 Å².